The molecule has 1 N–H and O–H groups in total. The van der Waals surface area contributed by atoms with Gasteiger partial charge in [-0.15, -0.1) is 0 Å². The van der Waals surface area contributed by atoms with Crippen LogP contribution in [-0.4, -0.2) is 14.7 Å². The minimum atomic E-state index is 0.0155. The van der Waals surface area contributed by atoms with E-state index in [-0.39, 0.29) is 12.1 Å². The zero-order valence-corrected chi connectivity index (χ0v) is 18.9. The van der Waals surface area contributed by atoms with Gasteiger partial charge in [-0.3, -0.25) is 4.98 Å². The van der Waals surface area contributed by atoms with Crippen molar-refractivity contribution >= 4 is 23.0 Å². The summed E-state index contributed by atoms with van der Waals surface area (Å²) in [4.78, 5) is 6.94. The number of hydrogen-bond donors (Lipinski definition) is 1. The average Bonchev–Trinajstić information content (AvgIpc) is 3.45. The molecule has 3 aromatic rings. The summed E-state index contributed by atoms with van der Waals surface area (Å²) in [5, 5.41) is 4.33. The molecule has 4 nitrogen and oxygen atoms in total. The standard InChI is InChI=1S/C26H30N4S/c1-2-19-11-13-22(14-12-19)30-25(24(28-26(30)31)23-10-6-7-16-27-23)20-15-17-29(18-20)21-8-4-3-5-9-21/h6-7,10-18,21,24-25H,2-5,8-9H2,1H3,(H,28,31)/t24-,25-/m0/s1. The lowest BCUT2D eigenvalue weighted by atomic mass is 9.95. The van der Waals surface area contributed by atoms with E-state index in [1.807, 2.05) is 12.3 Å². The van der Waals surface area contributed by atoms with Gasteiger partial charge in [-0.25, -0.2) is 0 Å². The predicted molar refractivity (Wildman–Crippen MR) is 130 cm³/mol. The number of benzene rings is 1. The van der Waals surface area contributed by atoms with Crippen LogP contribution in [0.1, 0.15) is 74.0 Å². The molecule has 31 heavy (non-hydrogen) atoms. The lowest BCUT2D eigenvalue weighted by Gasteiger charge is -2.28. The number of thiocarbonyl (C=S) groups is 1. The molecule has 0 unspecified atom stereocenters. The molecule has 1 aliphatic heterocycles. The van der Waals surface area contributed by atoms with E-state index in [2.05, 4.69) is 81.5 Å². The SMILES string of the molecule is CCc1ccc(N2C(=S)N[C@@H](c3ccccn3)[C@@H]2c2ccn(C3CCCCC3)c2)cc1. The number of aromatic nitrogens is 2. The van der Waals surface area contributed by atoms with Gasteiger partial charge in [0.25, 0.3) is 0 Å². The van der Waals surface area contributed by atoms with Crippen molar-refractivity contribution in [2.75, 3.05) is 4.90 Å². The van der Waals surface area contributed by atoms with E-state index in [9.17, 15) is 0 Å². The van der Waals surface area contributed by atoms with Crippen LogP contribution >= 0.6 is 12.2 Å². The monoisotopic (exact) mass is 430 g/mol. The first-order valence-corrected chi connectivity index (χ1v) is 11.9. The topological polar surface area (TPSA) is 33.1 Å². The second kappa shape index (κ2) is 8.83. The lowest BCUT2D eigenvalue weighted by Crippen LogP contribution is -2.29. The van der Waals surface area contributed by atoms with Gasteiger partial charge in [0, 0.05) is 30.3 Å². The molecule has 3 heterocycles. The fourth-order valence-corrected chi connectivity index (χ4v) is 5.42. The Morgan fingerprint density at radius 2 is 1.84 bits per heavy atom. The van der Waals surface area contributed by atoms with Crippen LogP contribution in [0.5, 0.6) is 0 Å². The van der Waals surface area contributed by atoms with E-state index in [0.717, 1.165) is 22.9 Å². The summed E-state index contributed by atoms with van der Waals surface area (Å²) in [7, 11) is 0. The number of nitrogens with zero attached hydrogens (tertiary/aromatic N) is 3. The van der Waals surface area contributed by atoms with Gasteiger partial charge in [0.15, 0.2) is 5.11 Å². The number of nitrogens with one attached hydrogen (secondary N) is 1. The molecule has 2 aromatic heterocycles. The van der Waals surface area contributed by atoms with E-state index in [1.54, 1.807) is 0 Å². The number of aryl methyl sites for hydroxylation is 1. The van der Waals surface area contributed by atoms with Crippen molar-refractivity contribution in [2.45, 2.75) is 63.6 Å². The first kappa shape index (κ1) is 20.3. The quantitative estimate of drug-likeness (QED) is 0.494. The third kappa shape index (κ3) is 3.99. The highest BCUT2D eigenvalue weighted by Crippen LogP contribution is 2.42. The van der Waals surface area contributed by atoms with Crippen LogP contribution in [0, 0.1) is 0 Å². The van der Waals surface area contributed by atoms with Crippen LogP contribution in [0.25, 0.3) is 0 Å². The van der Waals surface area contributed by atoms with Gasteiger partial charge in [-0.05, 0) is 72.9 Å². The maximum atomic E-state index is 5.85. The zero-order chi connectivity index (χ0) is 21.2. The Hall–Kier alpha value is -2.66. The highest BCUT2D eigenvalue weighted by molar-refractivity contribution is 7.80. The Labute approximate surface area is 190 Å². The fraction of sp³-hybridized carbons (Fsp3) is 0.385. The Balaban J connectivity index is 1.53. The summed E-state index contributed by atoms with van der Waals surface area (Å²) < 4.78 is 2.43. The molecule has 5 heteroatoms. The van der Waals surface area contributed by atoms with Gasteiger partial charge in [-0.1, -0.05) is 44.4 Å². The van der Waals surface area contributed by atoms with Gasteiger partial charge in [0.2, 0.25) is 0 Å². The molecule has 2 fully saturated rings. The van der Waals surface area contributed by atoms with Crippen LogP contribution in [0.2, 0.25) is 0 Å². The number of hydrogen-bond acceptors (Lipinski definition) is 2. The molecule has 1 saturated carbocycles. The van der Waals surface area contributed by atoms with Gasteiger partial charge >= 0.3 is 0 Å². The van der Waals surface area contributed by atoms with Crippen molar-refractivity contribution in [1.29, 1.82) is 0 Å². The third-order valence-corrected chi connectivity index (χ3v) is 7.11. The maximum absolute atomic E-state index is 5.85. The van der Waals surface area contributed by atoms with E-state index in [4.69, 9.17) is 12.2 Å². The maximum Gasteiger partial charge on any atom is 0.174 e. The molecule has 160 valence electrons. The van der Waals surface area contributed by atoms with Crippen LogP contribution < -0.4 is 10.2 Å². The van der Waals surface area contributed by atoms with Gasteiger partial charge in [-0.2, -0.15) is 0 Å². The second-order valence-corrected chi connectivity index (χ2v) is 9.09. The van der Waals surface area contributed by atoms with Crippen molar-refractivity contribution in [2.24, 2.45) is 0 Å². The van der Waals surface area contributed by atoms with Crippen molar-refractivity contribution in [3.63, 3.8) is 0 Å². The van der Waals surface area contributed by atoms with Gasteiger partial charge < -0.3 is 14.8 Å². The molecular formula is C26H30N4S. The summed E-state index contributed by atoms with van der Waals surface area (Å²) in [6, 6.07) is 17.9. The molecule has 2 atom stereocenters. The van der Waals surface area contributed by atoms with Crippen LogP contribution in [-0.2, 0) is 6.42 Å². The highest BCUT2D eigenvalue weighted by atomic mass is 32.1. The minimum Gasteiger partial charge on any atom is -0.351 e. The molecule has 0 spiro atoms. The third-order valence-electron chi connectivity index (χ3n) is 6.80. The molecule has 1 aromatic carbocycles. The second-order valence-electron chi connectivity index (χ2n) is 8.70. The Morgan fingerprint density at radius 3 is 2.55 bits per heavy atom. The summed E-state index contributed by atoms with van der Waals surface area (Å²) in [5.41, 5.74) is 4.77. The highest BCUT2D eigenvalue weighted by Gasteiger charge is 2.41. The van der Waals surface area contributed by atoms with E-state index < -0.39 is 0 Å². The first-order chi connectivity index (χ1) is 15.2. The largest absolute Gasteiger partial charge is 0.351 e. The Morgan fingerprint density at radius 1 is 1.03 bits per heavy atom. The number of rotatable bonds is 5. The first-order valence-electron chi connectivity index (χ1n) is 11.5. The lowest BCUT2D eigenvalue weighted by molar-refractivity contribution is 0.353. The fourth-order valence-electron chi connectivity index (χ4n) is 5.08. The van der Waals surface area contributed by atoms with Crippen LogP contribution in [0.3, 0.4) is 0 Å². The van der Waals surface area contributed by atoms with Crippen LogP contribution in [0.4, 0.5) is 5.69 Å². The van der Waals surface area contributed by atoms with Gasteiger partial charge in [0.1, 0.15) is 0 Å². The molecule has 0 amide bonds. The molecule has 0 radical (unpaired) electrons. The zero-order valence-electron chi connectivity index (χ0n) is 18.1. The van der Waals surface area contributed by atoms with Gasteiger partial charge in [0.05, 0.1) is 17.8 Å². The minimum absolute atomic E-state index is 0.0155. The van der Waals surface area contributed by atoms with Crippen molar-refractivity contribution < 1.29 is 0 Å². The Kier molecular flexibility index (Phi) is 5.77. The normalized spacial score (nSPS) is 22.0. The molecule has 5 rings (SSSR count). The molecule has 0 bridgehead atoms. The summed E-state index contributed by atoms with van der Waals surface area (Å²) in [5.74, 6) is 0. The molecular weight excluding hydrogens is 400 g/mol. The summed E-state index contributed by atoms with van der Waals surface area (Å²) in [6.07, 6.45) is 14.1. The summed E-state index contributed by atoms with van der Waals surface area (Å²) >= 11 is 5.85. The average molecular weight is 431 g/mol. The van der Waals surface area contributed by atoms with E-state index in [1.165, 1.54) is 43.2 Å². The Bertz CT molecular complexity index is 1020. The van der Waals surface area contributed by atoms with Crippen molar-refractivity contribution in [3.8, 4) is 0 Å². The van der Waals surface area contributed by atoms with Crippen molar-refractivity contribution in [3.05, 3.63) is 83.9 Å². The number of anilines is 1. The smallest absolute Gasteiger partial charge is 0.174 e. The van der Waals surface area contributed by atoms with E-state index >= 15 is 0 Å². The van der Waals surface area contributed by atoms with Crippen LogP contribution in [0.15, 0.2) is 67.1 Å². The number of pyridine rings is 1. The van der Waals surface area contributed by atoms with Crippen molar-refractivity contribution in [1.82, 2.24) is 14.9 Å². The molecule has 2 aliphatic rings. The summed E-state index contributed by atoms with van der Waals surface area (Å²) in [6.45, 7) is 2.19. The molecule has 1 saturated heterocycles. The predicted octanol–water partition coefficient (Wildman–Crippen LogP) is 6.13. The van der Waals surface area contributed by atoms with E-state index in [0.29, 0.717) is 6.04 Å². The molecule has 1 aliphatic carbocycles.